The average Bonchev–Trinajstić information content (AvgIpc) is 3.16. The second-order valence-electron chi connectivity index (χ2n) is 5.06. The molecule has 0 unspecified atom stereocenters. The van der Waals surface area contributed by atoms with Crippen LogP contribution in [0.2, 0.25) is 10.0 Å². The highest BCUT2D eigenvalue weighted by Gasteiger charge is 2.35. The first kappa shape index (κ1) is 17.2. The van der Waals surface area contributed by atoms with Gasteiger partial charge in [-0.25, -0.2) is 9.59 Å². The van der Waals surface area contributed by atoms with Crippen LogP contribution in [0.1, 0.15) is 26.4 Å². The fraction of sp³-hybridized carbons (Fsp3) is 0.250. The number of benzene rings is 1. The smallest absolute Gasteiger partial charge is 0.340 e. The first-order valence-corrected chi connectivity index (χ1v) is 8.85. The van der Waals surface area contributed by atoms with Gasteiger partial charge in [-0.1, -0.05) is 29.3 Å². The monoisotopic (exact) mass is 385 g/mol. The number of hydrogen-bond acceptors (Lipinski definition) is 5. The van der Waals surface area contributed by atoms with Gasteiger partial charge in [-0.3, -0.25) is 0 Å². The summed E-state index contributed by atoms with van der Waals surface area (Å²) in [5.74, 6) is 0.0677. The maximum Gasteiger partial charge on any atom is 0.340 e. The van der Waals surface area contributed by atoms with Crippen LogP contribution in [0.5, 0.6) is 0 Å². The molecule has 3 rings (SSSR count). The van der Waals surface area contributed by atoms with Crippen molar-refractivity contribution < 1.29 is 19.1 Å². The van der Waals surface area contributed by atoms with Gasteiger partial charge in [0.05, 0.1) is 41.4 Å². The Kier molecular flexibility index (Phi) is 4.80. The maximum absolute atomic E-state index is 12.4. The minimum atomic E-state index is -0.594. The van der Waals surface area contributed by atoms with E-state index in [2.05, 4.69) is 0 Å². The number of fused-ring (bicyclic) bond motifs is 1. The zero-order valence-corrected chi connectivity index (χ0v) is 15.2. The molecule has 0 fully saturated rings. The van der Waals surface area contributed by atoms with Crippen LogP contribution in [-0.4, -0.2) is 30.7 Å². The predicted octanol–water partition coefficient (Wildman–Crippen LogP) is 4.24. The number of nitrogens with zero attached hydrogens (tertiary/aromatic N) is 1. The number of methoxy groups -OCH3 is 2. The van der Waals surface area contributed by atoms with Gasteiger partial charge in [-0.2, -0.15) is 0 Å². The van der Waals surface area contributed by atoms with Crippen molar-refractivity contribution in [3.8, 4) is 11.3 Å². The summed E-state index contributed by atoms with van der Waals surface area (Å²) >= 11 is 13.7. The van der Waals surface area contributed by atoms with E-state index < -0.39 is 11.9 Å². The normalized spacial score (nSPS) is 12.8. The van der Waals surface area contributed by atoms with Crippen molar-refractivity contribution in [1.82, 2.24) is 4.57 Å². The number of esters is 2. The van der Waals surface area contributed by atoms with Crippen LogP contribution in [-0.2, 0) is 21.1 Å². The van der Waals surface area contributed by atoms with Gasteiger partial charge in [0.1, 0.15) is 5.56 Å². The minimum Gasteiger partial charge on any atom is -0.465 e. The minimum absolute atomic E-state index is 0.193. The molecule has 24 heavy (non-hydrogen) atoms. The van der Waals surface area contributed by atoms with Gasteiger partial charge in [-0.05, 0) is 12.1 Å². The molecule has 5 nitrogen and oxygen atoms in total. The van der Waals surface area contributed by atoms with Gasteiger partial charge in [-0.15, -0.1) is 11.8 Å². The molecule has 0 atom stereocenters. The molecule has 1 aliphatic heterocycles. The van der Waals surface area contributed by atoms with Crippen LogP contribution >= 0.6 is 35.0 Å². The first-order valence-electron chi connectivity index (χ1n) is 6.94. The summed E-state index contributed by atoms with van der Waals surface area (Å²) in [6.07, 6.45) is 0. The zero-order valence-electron chi connectivity index (χ0n) is 12.9. The lowest BCUT2D eigenvalue weighted by Gasteiger charge is -2.10. The SMILES string of the molecule is COC(=O)c1c(C(=O)OC)c(-c2ccc(Cl)c(Cl)c2)n2c1CSC2. The van der Waals surface area contributed by atoms with E-state index in [4.69, 9.17) is 32.7 Å². The van der Waals surface area contributed by atoms with Crippen LogP contribution in [0.25, 0.3) is 11.3 Å². The summed E-state index contributed by atoms with van der Waals surface area (Å²) < 4.78 is 11.7. The Morgan fingerprint density at radius 3 is 2.38 bits per heavy atom. The molecule has 2 heterocycles. The van der Waals surface area contributed by atoms with E-state index in [1.807, 2.05) is 4.57 Å². The second-order valence-corrected chi connectivity index (χ2v) is 6.83. The Morgan fingerprint density at radius 2 is 1.75 bits per heavy atom. The van der Waals surface area contributed by atoms with Gasteiger partial charge in [0.15, 0.2) is 0 Å². The fourth-order valence-electron chi connectivity index (χ4n) is 2.76. The predicted molar refractivity (Wildman–Crippen MR) is 93.9 cm³/mol. The molecule has 1 aliphatic rings. The van der Waals surface area contributed by atoms with Gasteiger partial charge in [0.2, 0.25) is 0 Å². The molecule has 0 N–H and O–H groups in total. The van der Waals surface area contributed by atoms with E-state index in [-0.39, 0.29) is 11.1 Å². The molecule has 1 aromatic carbocycles. The van der Waals surface area contributed by atoms with Gasteiger partial charge >= 0.3 is 11.9 Å². The number of rotatable bonds is 3. The third-order valence-corrected chi connectivity index (χ3v) is 5.46. The van der Waals surface area contributed by atoms with Crippen LogP contribution in [0.15, 0.2) is 18.2 Å². The molecule has 8 heteroatoms. The lowest BCUT2D eigenvalue weighted by molar-refractivity contribution is 0.0556. The molecule has 0 spiro atoms. The summed E-state index contributed by atoms with van der Waals surface area (Å²) in [7, 11) is 2.56. The summed E-state index contributed by atoms with van der Waals surface area (Å²) in [6, 6.07) is 5.08. The first-order chi connectivity index (χ1) is 11.5. The molecule has 0 saturated carbocycles. The van der Waals surface area contributed by atoms with Crippen molar-refractivity contribution in [1.29, 1.82) is 0 Å². The molecule has 0 saturated heterocycles. The van der Waals surface area contributed by atoms with Crippen LogP contribution in [0.3, 0.4) is 0 Å². The number of ether oxygens (including phenoxy) is 2. The molecule has 0 radical (unpaired) electrons. The summed E-state index contributed by atoms with van der Waals surface area (Å²) in [5.41, 5.74) is 2.45. The molecular weight excluding hydrogens is 373 g/mol. The topological polar surface area (TPSA) is 57.5 Å². The van der Waals surface area contributed by atoms with Crippen LogP contribution in [0.4, 0.5) is 0 Å². The van der Waals surface area contributed by atoms with Gasteiger partial charge < -0.3 is 14.0 Å². The Morgan fingerprint density at radius 1 is 1.08 bits per heavy atom. The van der Waals surface area contributed by atoms with E-state index in [1.54, 1.807) is 30.0 Å². The zero-order chi connectivity index (χ0) is 17.4. The number of carbonyl (C=O) groups excluding carboxylic acids is 2. The Bertz CT molecular complexity index is 847. The summed E-state index contributed by atoms with van der Waals surface area (Å²) in [6.45, 7) is 0. The number of carbonyl (C=O) groups is 2. The maximum atomic E-state index is 12.4. The quantitative estimate of drug-likeness (QED) is 0.739. The van der Waals surface area contributed by atoms with Crippen molar-refractivity contribution in [2.75, 3.05) is 14.2 Å². The molecule has 126 valence electrons. The largest absolute Gasteiger partial charge is 0.465 e. The van der Waals surface area contributed by atoms with E-state index in [0.29, 0.717) is 32.9 Å². The Balaban J connectivity index is 2.34. The standard InChI is InChI=1S/C16H13Cl2NO4S/c1-22-15(20)12-11-6-24-7-19(11)14(13(12)16(21)23-2)8-3-4-9(17)10(18)5-8/h3-5H,6-7H2,1-2H3. The Labute approximate surface area is 152 Å². The van der Waals surface area contributed by atoms with E-state index >= 15 is 0 Å². The number of halogens is 2. The summed E-state index contributed by atoms with van der Waals surface area (Å²) in [5, 5.41) is 0.779. The van der Waals surface area contributed by atoms with Gasteiger partial charge in [0.25, 0.3) is 0 Å². The summed E-state index contributed by atoms with van der Waals surface area (Å²) in [4.78, 5) is 24.7. The molecule has 0 bridgehead atoms. The van der Waals surface area contributed by atoms with E-state index in [0.717, 1.165) is 5.69 Å². The van der Waals surface area contributed by atoms with Crippen molar-refractivity contribution in [3.63, 3.8) is 0 Å². The number of aromatic nitrogens is 1. The highest BCUT2D eigenvalue weighted by atomic mass is 35.5. The van der Waals surface area contributed by atoms with Gasteiger partial charge in [0, 0.05) is 17.0 Å². The number of thioether (sulfide) groups is 1. The highest BCUT2D eigenvalue weighted by molar-refractivity contribution is 7.97. The van der Waals surface area contributed by atoms with E-state index in [9.17, 15) is 9.59 Å². The fourth-order valence-corrected chi connectivity index (χ4v) is 4.11. The lowest BCUT2D eigenvalue weighted by atomic mass is 10.0. The van der Waals surface area contributed by atoms with Crippen molar-refractivity contribution in [2.45, 2.75) is 11.6 Å². The molecule has 2 aromatic rings. The van der Waals surface area contributed by atoms with Crippen molar-refractivity contribution in [3.05, 3.63) is 45.1 Å². The third-order valence-electron chi connectivity index (χ3n) is 3.80. The second kappa shape index (κ2) is 6.70. The lowest BCUT2D eigenvalue weighted by Crippen LogP contribution is -2.11. The molecule has 0 amide bonds. The molecule has 0 aliphatic carbocycles. The average molecular weight is 386 g/mol. The third kappa shape index (κ3) is 2.68. The van der Waals surface area contributed by atoms with Crippen molar-refractivity contribution >= 4 is 46.9 Å². The molecular formula is C16H13Cl2NO4S. The van der Waals surface area contributed by atoms with Crippen LogP contribution in [0, 0.1) is 0 Å². The number of hydrogen-bond donors (Lipinski definition) is 0. The molecule has 1 aromatic heterocycles. The van der Waals surface area contributed by atoms with Crippen molar-refractivity contribution in [2.24, 2.45) is 0 Å². The van der Waals surface area contributed by atoms with E-state index in [1.165, 1.54) is 14.2 Å². The van der Waals surface area contributed by atoms with Crippen LogP contribution < -0.4 is 0 Å². The highest BCUT2D eigenvalue weighted by Crippen LogP contribution is 2.41. The Hall–Kier alpha value is -1.63.